The third-order valence-corrected chi connectivity index (χ3v) is 5.57. The average molecular weight is 401 g/mol. The van der Waals surface area contributed by atoms with Gasteiger partial charge in [0.05, 0.1) is 11.9 Å². The van der Waals surface area contributed by atoms with Crippen LogP contribution in [0.5, 0.6) is 0 Å². The van der Waals surface area contributed by atoms with Crippen molar-refractivity contribution in [2.45, 2.75) is 25.8 Å². The molecule has 1 aliphatic rings. The van der Waals surface area contributed by atoms with Crippen molar-refractivity contribution in [3.63, 3.8) is 0 Å². The molecule has 154 valence electrons. The number of carbonyl (C=O) groups excluding carboxylic acids is 1. The van der Waals surface area contributed by atoms with Crippen LogP contribution >= 0.6 is 0 Å². The first-order chi connectivity index (χ1) is 14.7. The fraction of sp³-hybridized carbons (Fsp3) is 0.280. The number of aromatic nitrogens is 1. The van der Waals surface area contributed by atoms with Crippen LogP contribution in [0.3, 0.4) is 0 Å². The van der Waals surface area contributed by atoms with Crippen LogP contribution in [0.2, 0.25) is 0 Å². The Morgan fingerprint density at radius 2 is 1.80 bits per heavy atom. The average Bonchev–Trinajstić information content (AvgIpc) is 2.81. The Morgan fingerprint density at radius 1 is 1.00 bits per heavy atom. The second-order valence-corrected chi connectivity index (χ2v) is 7.71. The van der Waals surface area contributed by atoms with E-state index in [1.807, 2.05) is 37.4 Å². The Morgan fingerprint density at radius 3 is 2.50 bits per heavy atom. The fourth-order valence-corrected chi connectivity index (χ4v) is 3.94. The lowest BCUT2D eigenvalue weighted by Gasteiger charge is -2.27. The molecule has 0 radical (unpaired) electrons. The number of nitrogens with one attached hydrogen (secondary N) is 2. The molecule has 0 atom stereocenters. The van der Waals surface area contributed by atoms with Crippen LogP contribution in [0.15, 0.2) is 66.9 Å². The van der Waals surface area contributed by atoms with Gasteiger partial charge < -0.3 is 10.6 Å². The highest BCUT2D eigenvalue weighted by Gasteiger charge is 2.16. The van der Waals surface area contributed by atoms with Gasteiger partial charge in [0.2, 0.25) is 0 Å². The SMILES string of the molecule is CNc1ccc(NC(=O)c2ccc(-c3ccccc3)c(CN3CCCCC3)c2)cn1. The van der Waals surface area contributed by atoms with E-state index in [-0.39, 0.29) is 5.91 Å². The Kier molecular flexibility index (Phi) is 6.40. The monoisotopic (exact) mass is 400 g/mol. The first kappa shape index (κ1) is 20.1. The van der Waals surface area contributed by atoms with E-state index in [9.17, 15) is 4.79 Å². The zero-order valence-electron chi connectivity index (χ0n) is 17.4. The third-order valence-electron chi connectivity index (χ3n) is 5.57. The van der Waals surface area contributed by atoms with Crippen LogP contribution in [-0.4, -0.2) is 35.9 Å². The molecule has 3 aromatic rings. The van der Waals surface area contributed by atoms with Crippen molar-refractivity contribution < 1.29 is 4.79 Å². The van der Waals surface area contributed by atoms with Gasteiger partial charge in [-0.15, -0.1) is 0 Å². The normalized spacial score (nSPS) is 14.3. The van der Waals surface area contributed by atoms with E-state index >= 15 is 0 Å². The summed E-state index contributed by atoms with van der Waals surface area (Å²) in [6, 6.07) is 20.1. The van der Waals surface area contributed by atoms with Crippen molar-refractivity contribution in [1.29, 1.82) is 0 Å². The number of hydrogen-bond donors (Lipinski definition) is 2. The summed E-state index contributed by atoms with van der Waals surface area (Å²) in [5.41, 5.74) is 4.92. The summed E-state index contributed by atoms with van der Waals surface area (Å²) in [5.74, 6) is 0.651. The fourth-order valence-electron chi connectivity index (χ4n) is 3.94. The van der Waals surface area contributed by atoms with Gasteiger partial charge in [0.25, 0.3) is 5.91 Å². The van der Waals surface area contributed by atoms with E-state index in [0.29, 0.717) is 11.3 Å². The molecule has 30 heavy (non-hydrogen) atoms. The van der Waals surface area contributed by atoms with Crippen molar-refractivity contribution in [1.82, 2.24) is 9.88 Å². The Hall–Kier alpha value is -3.18. The molecule has 0 aliphatic carbocycles. The molecule has 1 aliphatic heterocycles. The van der Waals surface area contributed by atoms with E-state index in [4.69, 9.17) is 0 Å². The van der Waals surface area contributed by atoms with Crippen LogP contribution in [0.4, 0.5) is 11.5 Å². The number of nitrogens with zero attached hydrogens (tertiary/aromatic N) is 2. The predicted octanol–water partition coefficient (Wildman–Crippen LogP) is 5.03. The van der Waals surface area contributed by atoms with Crippen LogP contribution in [0, 0.1) is 0 Å². The molecule has 5 nitrogen and oxygen atoms in total. The molecule has 1 saturated heterocycles. The molecule has 0 bridgehead atoms. The Balaban J connectivity index is 1.59. The zero-order chi connectivity index (χ0) is 20.8. The van der Waals surface area contributed by atoms with E-state index < -0.39 is 0 Å². The maximum atomic E-state index is 12.9. The quantitative estimate of drug-likeness (QED) is 0.609. The van der Waals surface area contributed by atoms with Gasteiger partial charge in [-0.3, -0.25) is 9.69 Å². The molecular weight excluding hydrogens is 372 g/mol. The Bertz CT molecular complexity index is 980. The van der Waals surface area contributed by atoms with E-state index in [1.54, 1.807) is 6.20 Å². The number of rotatable bonds is 6. The number of pyridine rings is 1. The molecule has 2 heterocycles. The minimum atomic E-state index is -0.117. The number of benzene rings is 2. The summed E-state index contributed by atoms with van der Waals surface area (Å²) in [6.45, 7) is 3.10. The van der Waals surface area contributed by atoms with Crippen molar-refractivity contribution in [3.8, 4) is 11.1 Å². The number of hydrogen-bond acceptors (Lipinski definition) is 4. The lowest BCUT2D eigenvalue weighted by atomic mass is 9.96. The summed E-state index contributed by atoms with van der Waals surface area (Å²) in [5, 5.41) is 5.94. The summed E-state index contributed by atoms with van der Waals surface area (Å²) < 4.78 is 0. The largest absolute Gasteiger partial charge is 0.373 e. The van der Waals surface area contributed by atoms with Crippen LogP contribution < -0.4 is 10.6 Å². The second kappa shape index (κ2) is 9.55. The van der Waals surface area contributed by atoms with Gasteiger partial charge in [-0.05, 0) is 66.9 Å². The molecule has 1 fully saturated rings. The highest BCUT2D eigenvalue weighted by molar-refractivity contribution is 6.04. The van der Waals surface area contributed by atoms with Gasteiger partial charge in [0.15, 0.2) is 0 Å². The predicted molar refractivity (Wildman–Crippen MR) is 123 cm³/mol. The molecule has 1 aromatic heterocycles. The highest BCUT2D eigenvalue weighted by Crippen LogP contribution is 2.27. The lowest BCUT2D eigenvalue weighted by Crippen LogP contribution is -2.29. The molecule has 1 amide bonds. The van der Waals surface area contributed by atoms with Crippen molar-refractivity contribution in [2.75, 3.05) is 30.8 Å². The topological polar surface area (TPSA) is 57.3 Å². The second-order valence-electron chi connectivity index (χ2n) is 7.71. The third kappa shape index (κ3) is 4.86. The first-order valence-electron chi connectivity index (χ1n) is 10.6. The van der Waals surface area contributed by atoms with Gasteiger partial charge in [-0.25, -0.2) is 4.98 Å². The highest BCUT2D eigenvalue weighted by atomic mass is 16.1. The first-order valence-corrected chi connectivity index (χ1v) is 10.6. The maximum absolute atomic E-state index is 12.9. The molecule has 0 saturated carbocycles. The van der Waals surface area contributed by atoms with Crippen LogP contribution in [0.25, 0.3) is 11.1 Å². The standard InChI is InChI=1S/C25H28N4O/c1-26-24-13-11-22(17-27-24)28-25(30)20-10-12-23(19-8-4-2-5-9-19)21(16-20)18-29-14-6-3-7-15-29/h2,4-5,8-13,16-17H,3,6-7,14-15,18H2,1H3,(H,26,27)(H,28,30). The maximum Gasteiger partial charge on any atom is 0.255 e. The van der Waals surface area contributed by atoms with Gasteiger partial charge in [0, 0.05) is 19.2 Å². The van der Waals surface area contributed by atoms with Crippen molar-refractivity contribution in [3.05, 3.63) is 78.0 Å². The van der Waals surface area contributed by atoms with Gasteiger partial charge in [-0.2, -0.15) is 0 Å². The molecule has 0 spiro atoms. The number of anilines is 2. The molecular formula is C25H28N4O. The smallest absolute Gasteiger partial charge is 0.255 e. The van der Waals surface area contributed by atoms with Crippen molar-refractivity contribution >= 4 is 17.4 Å². The minimum absolute atomic E-state index is 0.117. The molecule has 0 unspecified atom stereocenters. The zero-order valence-corrected chi connectivity index (χ0v) is 17.4. The molecule has 4 rings (SSSR count). The summed E-state index contributed by atoms with van der Waals surface area (Å²) in [7, 11) is 1.82. The number of piperidine rings is 1. The van der Waals surface area contributed by atoms with Gasteiger partial charge in [0.1, 0.15) is 5.82 Å². The van der Waals surface area contributed by atoms with E-state index in [1.165, 1.54) is 36.0 Å². The minimum Gasteiger partial charge on any atom is -0.373 e. The molecule has 2 aromatic carbocycles. The number of amides is 1. The Labute approximate surface area is 178 Å². The van der Waals surface area contributed by atoms with Crippen LogP contribution in [0.1, 0.15) is 35.2 Å². The van der Waals surface area contributed by atoms with Gasteiger partial charge >= 0.3 is 0 Å². The summed E-state index contributed by atoms with van der Waals surface area (Å²) in [6.07, 6.45) is 5.47. The van der Waals surface area contributed by atoms with Crippen molar-refractivity contribution in [2.24, 2.45) is 0 Å². The number of likely N-dealkylation sites (tertiary alicyclic amines) is 1. The molecule has 5 heteroatoms. The lowest BCUT2D eigenvalue weighted by molar-refractivity contribution is 0.102. The molecule has 2 N–H and O–H groups in total. The summed E-state index contributed by atoms with van der Waals surface area (Å²) in [4.78, 5) is 19.6. The summed E-state index contributed by atoms with van der Waals surface area (Å²) >= 11 is 0. The van der Waals surface area contributed by atoms with Crippen LogP contribution in [-0.2, 0) is 6.54 Å². The van der Waals surface area contributed by atoms with E-state index in [2.05, 4.69) is 50.8 Å². The van der Waals surface area contributed by atoms with E-state index in [0.717, 1.165) is 25.5 Å². The number of carbonyl (C=O) groups is 1. The van der Waals surface area contributed by atoms with Gasteiger partial charge in [-0.1, -0.05) is 42.8 Å².